The highest BCUT2D eigenvalue weighted by Crippen LogP contribution is 2.16. The Morgan fingerprint density at radius 3 is 3.00 bits per heavy atom. The summed E-state index contributed by atoms with van der Waals surface area (Å²) < 4.78 is 0. The molecule has 0 bridgehead atoms. The van der Waals surface area contributed by atoms with Crippen LogP contribution in [0.4, 0.5) is 5.82 Å². The molecule has 0 radical (unpaired) electrons. The van der Waals surface area contributed by atoms with Gasteiger partial charge in [-0.3, -0.25) is 0 Å². The molecule has 0 aliphatic carbocycles. The highest BCUT2D eigenvalue weighted by atomic mass is 35.5. The highest BCUT2D eigenvalue weighted by Gasteiger charge is 1.96. The molecule has 1 heterocycles. The van der Waals surface area contributed by atoms with E-state index < -0.39 is 0 Å². The summed E-state index contributed by atoms with van der Waals surface area (Å²) >= 11 is 5.86. The van der Waals surface area contributed by atoms with Crippen LogP contribution in [0.3, 0.4) is 0 Å². The molecular formula is C8H12ClN3. The van der Waals surface area contributed by atoms with E-state index in [0.717, 1.165) is 18.9 Å². The van der Waals surface area contributed by atoms with E-state index in [1.807, 2.05) is 19.2 Å². The van der Waals surface area contributed by atoms with Crippen LogP contribution in [0.25, 0.3) is 0 Å². The largest absolute Gasteiger partial charge is 0.368 e. The quantitative estimate of drug-likeness (QED) is 0.696. The Balaban J connectivity index is 2.46. The van der Waals surface area contributed by atoms with Crippen molar-refractivity contribution in [3.63, 3.8) is 0 Å². The van der Waals surface area contributed by atoms with Gasteiger partial charge < -0.3 is 10.6 Å². The Morgan fingerprint density at radius 2 is 2.33 bits per heavy atom. The van der Waals surface area contributed by atoms with Crippen molar-refractivity contribution in [3.8, 4) is 0 Å². The fourth-order valence-corrected chi connectivity index (χ4v) is 1.01. The Bertz CT molecular complexity index is 239. The Kier molecular flexibility index (Phi) is 3.84. The van der Waals surface area contributed by atoms with Gasteiger partial charge in [-0.1, -0.05) is 11.6 Å². The summed E-state index contributed by atoms with van der Waals surface area (Å²) in [6, 6.07) is 3.63. The first-order chi connectivity index (χ1) is 5.84. The molecule has 0 atom stereocenters. The zero-order valence-corrected chi connectivity index (χ0v) is 7.73. The lowest BCUT2D eigenvalue weighted by molar-refractivity contribution is 0.821. The van der Waals surface area contributed by atoms with E-state index in [1.54, 1.807) is 6.20 Å². The SMILES string of the molecule is CNCCNc1ncccc1Cl. The molecule has 0 saturated carbocycles. The molecule has 2 N–H and O–H groups in total. The van der Waals surface area contributed by atoms with Crippen molar-refractivity contribution in [1.29, 1.82) is 0 Å². The standard InChI is InChI=1S/C8H12ClN3/c1-10-5-6-12-8-7(9)3-2-4-11-8/h2-4,10H,5-6H2,1H3,(H,11,12). The van der Waals surface area contributed by atoms with E-state index in [1.165, 1.54) is 0 Å². The summed E-state index contributed by atoms with van der Waals surface area (Å²) in [4.78, 5) is 4.08. The molecule has 1 rings (SSSR count). The Labute approximate surface area is 77.1 Å². The molecule has 0 fully saturated rings. The molecule has 0 spiro atoms. The van der Waals surface area contributed by atoms with Crippen LogP contribution in [0.2, 0.25) is 5.02 Å². The molecule has 3 nitrogen and oxygen atoms in total. The first-order valence-electron chi connectivity index (χ1n) is 3.83. The van der Waals surface area contributed by atoms with Gasteiger partial charge in [0.25, 0.3) is 0 Å². The maximum Gasteiger partial charge on any atom is 0.144 e. The fraction of sp³-hybridized carbons (Fsp3) is 0.375. The van der Waals surface area contributed by atoms with Gasteiger partial charge in [-0.25, -0.2) is 4.98 Å². The third kappa shape index (κ3) is 2.68. The van der Waals surface area contributed by atoms with Gasteiger partial charge in [0.2, 0.25) is 0 Å². The molecule has 0 aliphatic heterocycles. The number of aromatic nitrogens is 1. The summed E-state index contributed by atoms with van der Waals surface area (Å²) in [6.45, 7) is 1.72. The number of rotatable bonds is 4. The van der Waals surface area contributed by atoms with Crippen molar-refractivity contribution in [2.24, 2.45) is 0 Å². The zero-order valence-electron chi connectivity index (χ0n) is 6.97. The minimum absolute atomic E-state index is 0.661. The minimum atomic E-state index is 0.661. The van der Waals surface area contributed by atoms with Crippen LogP contribution < -0.4 is 10.6 Å². The Hall–Kier alpha value is -0.800. The highest BCUT2D eigenvalue weighted by molar-refractivity contribution is 6.32. The number of pyridine rings is 1. The third-order valence-corrected chi connectivity index (χ3v) is 1.73. The van der Waals surface area contributed by atoms with Gasteiger partial charge >= 0.3 is 0 Å². The topological polar surface area (TPSA) is 37.0 Å². The maximum absolute atomic E-state index is 5.86. The van der Waals surface area contributed by atoms with Gasteiger partial charge in [0.1, 0.15) is 5.82 Å². The van der Waals surface area contributed by atoms with Crippen LogP contribution in [0, 0.1) is 0 Å². The van der Waals surface area contributed by atoms with E-state index >= 15 is 0 Å². The molecule has 0 aliphatic rings. The van der Waals surface area contributed by atoms with Crippen LogP contribution in [0.15, 0.2) is 18.3 Å². The average molecular weight is 186 g/mol. The predicted molar refractivity (Wildman–Crippen MR) is 51.7 cm³/mol. The van der Waals surface area contributed by atoms with Crippen LogP contribution >= 0.6 is 11.6 Å². The van der Waals surface area contributed by atoms with Gasteiger partial charge in [-0.15, -0.1) is 0 Å². The molecule has 0 saturated heterocycles. The minimum Gasteiger partial charge on any atom is -0.368 e. The molecular weight excluding hydrogens is 174 g/mol. The zero-order chi connectivity index (χ0) is 8.81. The summed E-state index contributed by atoms with van der Waals surface area (Å²) in [6.07, 6.45) is 1.72. The second-order valence-corrected chi connectivity index (χ2v) is 2.77. The van der Waals surface area contributed by atoms with Gasteiger partial charge in [0.05, 0.1) is 5.02 Å². The van der Waals surface area contributed by atoms with E-state index in [-0.39, 0.29) is 0 Å². The molecule has 0 unspecified atom stereocenters. The van der Waals surface area contributed by atoms with Crippen molar-refractivity contribution < 1.29 is 0 Å². The summed E-state index contributed by atoms with van der Waals surface area (Å²) in [5.74, 6) is 0.745. The number of hydrogen-bond donors (Lipinski definition) is 2. The van der Waals surface area contributed by atoms with E-state index in [9.17, 15) is 0 Å². The van der Waals surface area contributed by atoms with Crippen LogP contribution in [0.1, 0.15) is 0 Å². The van der Waals surface area contributed by atoms with Crippen molar-refractivity contribution in [2.75, 3.05) is 25.5 Å². The molecule has 12 heavy (non-hydrogen) atoms. The second-order valence-electron chi connectivity index (χ2n) is 2.36. The summed E-state index contributed by atoms with van der Waals surface area (Å²) in [5, 5.41) is 6.79. The van der Waals surface area contributed by atoms with Crippen molar-refractivity contribution in [3.05, 3.63) is 23.4 Å². The smallest absolute Gasteiger partial charge is 0.144 e. The van der Waals surface area contributed by atoms with Crippen LogP contribution in [0.5, 0.6) is 0 Å². The summed E-state index contributed by atoms with van der Waals surface area (Å²) in [7, 11) is 1.90. The number of anilines is 1. The molecule has 0 amide bonds. The first-order valence-corrected chi connectivity index (χ1v) is 4.21. The molecule has 1 aromatic rings. The van der Waals surface area contributed by atoms with Crippen molar-refractivity contribution in [1.82, 2.24) is 10.3 Å². The monoisotopic (exact) mass is 185 g/mol. The Morgan fingerprint density at radius 1 is 1.50 bits per heavy atom. The lowest BCUT2D eigenvalue weighted by Gasteiger charge is -2.05. The van der Waals surface area contributed by atoms with Crippen LogP contribution in [-0.4, -0.2) is 25.1 Å². The normalized spacial score (nSPS) is 9.83. The molecule has 4 heteroatoms. The predicted octanol–water partition coefficient (Wildman–Crippen LogP) is 1.37. The fourth-order valence-electron chi connectivity index (χ4n) is 0.822. The number of nitrogens with zero attached hydrogens (tertiary/aromatic N) is 1. The molecule has 66 valence electrons. The summed E-state index contributed by atoms with van der Waals surface area (Å²) in [5.41, 5.74) is 0. The third-order valence-electron chi connectivity index (χ3n) is 1.43. The van der Waals surface area contributed by atoms with E-state index in [4.69, 9.17) is 11.6 Å². The van der Waals surface area contributed by atoms with Gasteiger partial charge in [0, 0.05) is 19.3 Å². The van der Waals surface area contributed by atoms with Gasteiger partial charge in [0.15, 0.2) is 0 Å². The molecule has 0 aromatic carbocycles. The maximum atomic E-state index is 5.86. The number of nitrogens with one attached hydrogen (secondary N) is 2. The van der Waals surface area contributed by atoms with Crippen molar-refractivity contribution in [2.45, 2.75) is 0 Å². The molecule has 1 aromatic heterocycles. The first kappa shape index (κ1) is 9.29. The average Bonchev–Trinajstić information content (AvgIpc) is 2.09. The van der Waals surface area contributed by atoms with E-state index in [0.29, 0.717) is 5.02 Å². The number of likely N-dealkylation sites (N-methyl/N-ethyl adjacent to an activating group) is 1. The van der Waals surface area contributed by atoms with Gasteiger partial charge in [-0.2, -0.15) is 0 Å². The van der Waals surface area contributed by atoms with Crippen LogP contribution in [-0.2, 0) is 0 Å². The lowest BCUT2D eigenvalue weighted by Crippen LogP contribution is -2.18. The van der Waals surface area contributed by atoms with E-state index in [2.05, 4.69) is 15.6 Å². The lowest BCUT2D eigenvalue weighted by atomic mass is 10.4. The van der Waals surface area contributed by atoms with Gasteiger partial charge in [-0.05, 0) is 19.2 Å². The number of hydrogen-bond acceptors (Lipinski definition) is 3. The van der Waals surface area contributed by atoms with Crippen molar-refractivity contribution >= 4 is 17.4 Å². The number of halogens is 1. The second kappa shape index (κ2) is 4.95.